The summed E-state index contributed by atoms with van der Waals surface area (Å²) in [6, 6.07) is 9.13. The molecule has 0 saturated carbocycles. The van der Waals surface area contributed by atoms with Crippen molar-refractivity contribution in [3.63, 3.8) is 0 Å². The Hall–Kier alpha value is -1.53. The second-order valence-electron chi connectivity index (χ2n) is 7.58. The van der Waals surface area contributed by atoms with Gasteiger partial charge in [-0.1, -0.05) is 26.8 Å². The van der Waals surface area contributed by atoms with Crippen molar-refractivity contribution in [2.75, 3.05) is 19.7 Å². The second kappa shape index (κ2) is 5.59. The van der Waals surface area contributed by atoms with E-state index in [9.17, 15) is 5.26 Å². The highest BCUT2D eigenvalue weighted by atomic mass is 16.5. The summed E-state index contributed by atoms with van der Waals surface area (Å²) in [5.74, 6) is 0.902. The van der Waals surface area contributed by atoms with E-state index in [-0.39, 0.29) is 5.41 Å². The summed E-state index contributed by atoms with van der Waals surface area (Å²) < 4.78 is 5.96. The zero-order valence-electron chi connectivity index (χ0n) is 14.0. The molecule has 3 heteroatoms. The molecule has 2 aliphatic heterocycles. The van der Waals surface area contributed by atoms with Crippen LogP contribution in [-0.4, -0.2) is 24.6 Å². The van der Waals surface area contributed by atoms with Gasteiger partial charge in [0, 0.05) is 18.7 Å². The second-order valence-corrected chi connectivity index (χ2v) is 7.58. The van der Waals surface area contributed by atoms with E-state index >= 15 is 0 Å². The minimum Gasteiger partial charge on any atom is -0.493 e. The maximum absolute atomic E-state index is 10.1. The first kappa shape index (κ1) is 15.4. The van der Waals surface area contributed by atoms with Crippen LogP contribution in [0.25, 0.3) is 0 Å². The smallest absolute Gasteiger partial charge is 0.138 e. The van der Waals surface area contributed by atoms with Crippen LogP contribution < -0.4 is 4.74 Å². The molecule has 0 bridgehead atoms. The Labute approximate surface area is 133 Å². The van der Waals surface area contributed by atoms with Crippen LogP contribution in [0.2, 0.25) is 0 Å². The minimum absolute atomic E-state index is 0.0769. The topological polar surface area (TPSA) is 36.3 Å². The van der Waals surface area contributed by atoms with Crippen molar-refractivity contribution < 1.29 is 4.74 Å². The molecular formula is C19H26N2O. The van der Waals surface area contributed by atoms with E-state index in [0.717, 1.165) is 37.2 Å². The first-order chi connectivity index (χ1) is 10.5. The van der Waals surface area contributed by atoms with E-state index in [2.05, 4.69) is 49.9 Å². The molecule has 1 atom stereocenters. The highest BCUT2D eigenvalue weighted by molar-refractivity contribution is 5.48. The number of likely N-dealkylation sites (tertiary alicyclic amines) is 1. The number of rotatable bonds is 1. The fourth-order valence-corrected chi connectivity index (χ4v) is 3.70. The van der Waals surface area contributed by atoms with E-state index in [4.69, 9.17) is 4.74 Å². The number of fused-ring (bicyclic) bond motifs is 1. The SMILES string of the molecule is CC(C)(C)c1ccc2c(c1)C(C#N)(N1CCCC1)CCCO2. The van der Waals surface area contributed by atoms with Gasteiger partial charge in [0.1, 0.15) is 11.3 Å². The van der Waals surface area contributed by atoms with Gasteiger partial charge in [0.25, 0.3) is 0 Å². The summed E-state index contributed by atoms with van der Waals surface area (Å²) in [5, 5.41) is 10.1. The third-order valence-corrected chi connectivity index (χ3v) is 5.06. The molecule has 1 saturated heterocycles. The normalized spacial score (nSPS) is 25.9. The number of nitriles is 1. The van der Waals surface area contributed by atoms with Crippen molar-refractivity contribution >= 4 is 0 Å². The van der Waals surface area contributed by atoms with Gasteiger partial charge in [-0.15, -0.1) is 0 Å². The molecule has 0 amide bonds. The average molecular weight is 298 g/mol. The summed E-state index contributed by atoms with van der Waals surface area (Å²) in [6.07, 6.45) is 4.19. The quantitative estimate of drug-likeness (QED) is 0.787. The van der Waals surface area contributed by atoms with Crippen LogP contribution >= 0.6 is 0 Å². The Morgan fingerprint density at radius 1 is 1.18 bits per heavy atom. The van der Waals surface area contributed by atoms with Crippen LogP contribution in [0.15, 0.2) is 18.2 Å². The summed E-state index contributed by atoms with van der Waals surface area (Å²) in [4.78, 5) is 2.38. The summed E-state index contributed by atoms with van der Waals surface area (Å²) in [6.45, 7) is 9.40. The monoisotopic (exact) mass is 298 g/mol. The first-order valence-corrected chi connectivity index (χ1v) is 8.41. The predicted molar refractivity (Wildman–Crippen MR) is 88.0 cm³/mol. The summed E-state index contributed by atoms with van der Waals surface area (Å²) in [7, 11) is 0. The van der Waals surface area contributed by atoms with E-state index in [0.29, 0.717) is 6.61 Å². The van der Waals surface area contributed by atoms with Gasteiger partial charge in [-0.05, 0) is 48.8 Å². The summed E-state index contributed by atoms with van der Waals surface area (Å²) in [5.41, 5.74) is 1.93. The highest BCUT2D eigenvalue weighted by Crippen LogP contribution is 2.43. The molecule has 3 rings (SSSR count). The van der Waals surface area contributed by atoms with Crippen molar-refractivity contribution in [1.82, 2.24) is 4.90 Å². The summed E-state index contributed by atoms with van der Waals surface area (Å²) >= 11 is 0. The van der Waals surface area contributed by atoms with Crippen molar-refractivity contribution in [3.05, 3.63) is 29.3 Å². The van der Waals surface area contributed by atoms with E-state index in [1.165, 1.54) is 18.4 Å². The van der Waals surface area contributed by atoms with Crippen LogP contribution in [-0.2, 0) is 11.0 Å². The van der Waals surface area contributed by atoms with Gasteiger partial charge in [-0.25, -0.2) is 0 Å². The van der Waals surface area contributed by atoms with Gasteiger partial charge in [0.15, 0.2) is 0 Å². The van der Waals surface area contributed by atoms with Crippen molar-refractivity contribution in [2.45, 2.75) is 57.4 Å². The maximum atomic E-state index is 10.1. The van der Waals surface area contributed by atoms with Gasteiger partial charge < -0.3 is 4.74 Å². The van der Waals surface area contributed by atoms with Gasteiger partial charge in [-0.2, -0.15) is 5.26 Å². The molecule has 0 radical (unpaired) electrons. The number of ether oxygens (including phenoxy) is 1. The van der Waals surface area contributed by atoms with Gasteiger partial charge in [0.05, 0.1) is 12.7 Å². The molecule has 0 N–H and O–H groups in total. The lowest BCUT2D eigenvalue weighted by molar-refractivity contribution is 0.162. The number of hydrogen-bond donors (Lipinski definition) is 0. The maximum Gasteiger partial charge on any atom is 0.138 e. The molecule has 1 aromatic carbocycles. The van der Waals surface area contributed by atoms with Crippen LogP contribution in [0.4, 0.5) is 0 Å². The van der Waals surface area contributed by atoms with Gasteiger partial charge >= 0.3 is 0 Å². The Bertz CT molecular complexity index is 590. The predicted octanol–water partition coefficient (Wildman–Crippen LogP) is 3.97. The molecule has 2 aliphatic rings. The van der Waals surface area contributed by atoms with Crippen LogP contribution in [0, 0.1) is 11.3 Å². The molecule has 1 unspecified atom stereocenters. The zero-order chi connectivity index (χ0) is 15.8. The molecule has 0 aliphatic carbocycles. The van der Waals surface area contributed by atoms with Gasteiger partial charge in [0.2, 0.25) is 0 Å². The first-order valence-electron chi connectivity index (χ1n) is 8.41. The highest BCUT2D eigenvalue weighted by Gasteiger charge is 2.43. The number of benzene rings is 1. The van der Waals surface area contributed by atoms with Crippen LogP contribution in [0.1, 0.15) is 57.6 Å². The largest absolute Gasteiger partial charge is 0.493 e. The lowest BCUT2D eigenvalue weighted by Gasteiger charge is -2.36. The molecule has 1 aromatic rings. The van der Waals surface area contributed by atoms with E-state index < -0.39 is 5.54 Å². The number of nitrogens with zero attached hydrogens (tertiary/aromatic N) is 2. The lowest BCUT2D eigenvalue weighted by Crippen LogP contribution is -2.43. The standard InChI is InChI=1S/C19H26N2O/c1-18(2,3)15-7-8-17-16(13-15)19(14-20,9-6-12-22-17)21-10-4-5-11-21/h7-8,13H,4-6,9-12H2,1-3H3. The Morgan fingerprint density at radius 2 is 1.91 bits per heavy atom. The Balaban J connectivity index is 2.15. The molecule has 0 spiro atoms. The van der Waals surface area contributed by atoms with Crippen LogP contribution in [0.3, 0.4) is 0 Å². The number of hydrogen-bond acceptors (Lipinski definition) is 3. The fraction of sp³-hybridized carbons (Fsp3) is 0.632. The molecular weight excluding hydrogens is 272 g/mol. The fourth-order valence-electron chi connectivity index (χ4n) is 3.70. The molecule has 22 heavy (non-hydrogen) atoms. The van der Waals surface area contributed by atoms with E-state index in [1.807, 2.05) is 0 Å². The van der Waals surface area contributed by atoms with Crippen molar-refractivity contribution in [2.24, 2.45) is 0 Å². The Morgan fingerprint density at radius 3 is 2.55 bits per heavy atom. The average Bonchev–Trinajstić information content (AvgIpc) is 2.95. The van der Waals surface area contributed by atoms with Gasteiger partial charge in [-0.3, -0.25) is 4.90 Å². The molecule has 1 fully saturated rings. The molecule has 118 valence electrons. The molecule has 3 nitrogen and oxygen atoms in total. The zero-order valence-corrected chi connectivity index (χ0v) is 14.0. The third-order valence-electron chi connectivity index (χ3n) is 5.06. The molecule has 0 aromatic heterocycles. The van der Waals surface area contributed by atoms with Crippen molar-refractivity contribution in [3.8, 4) is 11.8 Å². The Kier molecular flexibility index (Phi) is 3.91. The lowest BCUT2D eigenvalue weighted by atomic mass is 9.80. The third kappa shape index (κ3) is 2.50. The molecule has 2 heterocycles. The minimum atomic E-state index is -0.510. The van der Waals surface area contributed by atoms with Crippen LogP contribution in [0.5, 0.6) is 5.75 Å². The van der Waals surface area contributed by atoms with Crippen molar-refractivity contribution in [1.29, 1.82) is 5.26 Å². The van der Waals surface area contributed by atoms with E-state index in [1.54, 1.807) is 0 Å².